The van der Waals surface area contributed by atoms with Crippen LogP contribution in [0, 0.1) is 0 Å². The third-order valence-corrected chi connectivity index (χ3v) is 4.58. The molecular weight excluding hydrogens is 378 g/mol. The van der Waals surface area contributed by atoms with Crippen LogP contribution in [0.1, 0.15) is 5.56 Å². The van der Waals surface area contributed by atoms with Crippen molar-refractivity contribution in [2.75, 3.05) is 23.6 Å². The average molecular weight is 394 g/mol. The zero-order chi connectivity index (χ0) is 18.4. The molecule has 0 spiro atoms. The summed E-state index contributed by atoms with van der Waals surface area (Å²) in [5.74, 6) is 1.00. The number of carbonyl (C=O) groups excluding carboxylic acids is 2. The topological polar surface area (TPSA) is 73.9 Å². The van der Waals surface area contributed by atoms with Crippen LogP contribution in [0.2, 0.25) is 5.02 Å². The number of fused-ring (bicyclic) bond motifs is 1. The molecule has 0 fully saturated rings. The Balaban J connectivity index is 1.35. The highest BCUT2D eigenvalue weighted by atomic mass is 35.5. The molecule has 2 aromatic rings. The van der Waals surface area contributed by atoms with E-state index < -0.39 is 0 Å². The lowest BCUT2D eigenvalue weighted by molar-refractivity contribution is -0.141. The van der Waals surface area contributed by atoms with E-state index in [9.17, 15) is 9.59 Å². The highest BCUT2D eigenvalue weighted by Gasteiger charge is 2.14. The summed E-state index contributed by atoms with van der Waals surface area (Å²) in [6.45, 7) is 0.348. The third-order valence-electron chi connectivity index (χ3n) is 3.42. The van der Waals surface area contributed by atoms with Gasteiger partial charge >= 0.3 is 5.97 Å². The molecule has 0 saturated carbocycles. The molecule has 8 heteroatoms. The molecule has 1 N–H and O–H groups in total. The third kappa shape index (κ3) is 5.31. The van der Waals surface area contributed by atoms with Crippen LogP contribution < -0.4 is 14.8 Å². The van der Waals surface area contributed by atoms with Crippen LogP contribution in [0.25, 0.3) is 0 Å². The van der Waals surface area contributed by atoms with Crippen LogP contribution in [-0.2, 0) is 20.9 Å². The summed E-state index contributed by atoms with van der Waals surface area (Å²) in [6, 6.07) is 12.2. The molecule has 1 amide bonds. The molecule has 0 aromatic heterocycles. The lowest BCUT2D eigenvalue weighted by Crippen LogP contribution is -2.16. The molecule has 0 saturated heterocycles. The van der Waals surface area contributed by atoms with Gasteiger partial charge in [0.1, 0.15) is 6.61 Å². The second-order valence-electron chi connectivity index (χ2n) is 5.40. The highest BCUT2D eigenvalue weighted by molar-refractivity contribution is 8.00. The van der Waals surface area contributed by atoms with E-state index in [1.165, 1.54) is 11.8 Å². The first-order chi connectivity index (χ1) is 12.6. The van der Waals surface area contributed by atoms with Crippen LogP contribution >= 0.6 is 23.4 Å². The first-order valence-electron chi connectivity index (χ1n) is 7.77. The highest BCUT2D eigenvalue weighted by Crippen LogP contribution is 2.32. The van der Waals surface area contributed by atoms with Crippen molar-refractivity contribution in [2.45, 2.75) is 6.61 Å². The fourth-order valence-corrected chi connectivity index (χ4v) is 2.93. The molecule has 26 heavy (non-hydrogen) atoms. The van der Waals surface area contributed by atoms with Crippen LogP contribution in [0.5, 0.6) is 11.5 Å². The lowest BCUT2D eigenvalue weighted by atomic mass is 10.2. The van der Waals surface area contributed by atoms with Crippen molar-refractivity contribution in [3.8, 4) is 11.5 Å². The fraction of sp³-hybridized carbons (Fsp3) is 0.222. The van der Waals surface area contributed by atoms with Crippen molar-refractivity contribution >= 4 is 40.9 Å². The largest absolute Gasteiger partial charge is 0.460 e. The summed E-state index contributed by atoms with van der Waals surface area (Å²) in [4.78, 5) is 23.6. The van der Waals surface area contributed by atoms with Gasteiger partial charge in [0.25, 0.3) is 0 Å². The average Bonchev–Trinajstić information content (AvgIpc) is 3.10. The van der Waals surface area contributed by atoms with Gasteiger partial charge < -0.3 is 19.5 Å². The number of amides is 1. The monoisotopic (exact) mass is 393 g/mol. The van der Waals surface area contributed by atoms with E-state index in [-0.39, 0.29) is 36.8 Å². The van der Waals surface area contributed by atoms with Gasteiger partial charge in [-0.1, -0.05) is 17.7 Å². The molecule has 0 unspecified atom stereocenters. The zero-order valence-corrected chi connectivity index (χ0v) is 15.3. The van der Waals surface area contributed by atoms with E-state index in [1.807, 2.05) is 6.07 Å². The van der Waals surface area contributed by atoms with Gasteiger partial charge in [0.15, 0.2) is 11.5 Å². The number of halogens is 1. The molecule has 0 radical (unpaired) electrons. The second kappa shape index (κ2) is 8.82. The predicted molar refractivity (Wildman–Crippen MR) is 99.8 cm³/mol. The van der Waals surface area contributed by atoms with Crippen molar-refractivity contribution in [1.29, 1.82) is 0 Å². The molecule has 6 nitrogen and oxygen atoms in total. The summed E-state index contributed by atoms with van der Waals surface area (Å²) in [6.07, 6.45) is 0. The van der Waals surface area contributed by atoms with Gasteiger partial charge in [-0.25, -0.2) is 0 Å². The fourth-order valence-electron chi connectivity index (χ4n) is 2.19. The first kappa shape index (κ1) is 18.4. The minimum absolute atomic E-state index is 0.0958. The number of nitrogens with one attached hydrogen (secondary N) is 1. The van der Waals surface area contributed by atoms with Gasteiger partial charge in [0, 0.05) is 10.7 Å². The molecule has 3 rings (SSSR count). The number of benzene rings is 2. The van der Waals surface area contributed by atoms with Gasteiger partial charge in [-0.15, -0.1) is 11.8 Å². The van der Waals surface area contributed by atoms with Crippen LogP contribution in [0.3, 0.4) is 0 Å². The smallest absolute Gasteiger partial charge is 0.316 e. The van der Waals surface area contributed by atoms with Crippen molar-refractivity contribution < 1.29 is 23.8 Å². The van der Waals surface area contributed by atoms with Crippen molar-refractivity contribution in [3.05, 3.63) is 53.1 Å². The Bertz CT molecular complexity index is 797. The molecular formula is C18H16ClNO5S. The number of carbonyl (C=O) groups is 2. The van der Waals surface area contributed by atoms with Crippen LogP contribution in [0.15, 0.2) is 42.5 Å². The summed E-state index contributed by atoms with van der Waals surface area (Å²) >= 11 is 6.98. The molecule has 1 aliphatic rings. The van der Waals surface area contributed by atoms with E-state index in [2.05, 4.69) is 5.32 Å². The molecule has 1 aliphatic heterocycles. The zero-order valence-electron chi connectivity index (χ0n) is 13.7. The second-order valence-corrected chi connectivity index (χ2v) is 6.82. The Morgan fingerprint density at radius 2 is 1.85 bits per heavy atom. The minimum atomic E-state index is -0.382. The standard InChI is InChI=1S/C18H16ClNO5S/c19-13-2-4-14(5-3-13)20-17(21)9-26-10-18(22)23-8-12-1-6-15-16(7-12)25-11-24-15/h1-7H,8-11H2,(H,20,21). The van der Waals surface area contributed by atoms with Gasteiger partial charge in [-0.05, 0) is 42.0 Å². The molecule has 2 aromatic carbocycles. The number of anilines is 1. The maximum absolute atomic E-state index is 11.8. The van der Waals surface area contributed by atoms with Gasteiger partial charge in [0.2, 0.25) is 12.7 Å². The van der Waals surface area contributed by atoms with E-state index in [1.54, 1.807) is 36.4 Å². The maximum Gasteiger partial charge on any atom is 0.316 e. The van der Waals surface area contributed by atoms with E-state index in [4.69, 9.17) is 25.8 Å². The summed E-state index contributed by atoms with van der Waals surface area (Å²) < 4.78 is 15.7. The number of hydrogen-bond acceptors (Lipinski definition) is 6. The van der Waals surface area contributed by atoms with E-state index in [0.717, 1.165) is 5.56 Å². The molecule has 0 aliphatic carbocycles. The van der Waals surface area contributed by atoms with Gasteiger partial charge in [-0.2, -0.15) is 0 Å². The normalized spacial score (nSPS) is 11.9. The SMILES string of the molecule is O=C(CSCC(=O)OCc1ccc2c(c1)OCO2)Nc1ccc(Cl)cc1. The number of hydrogen-bond donors (Lipinski definition) is 1. The Kier molecular flexibility index (Phi) is 6.25. The van der Waals surface area contributed by atoms with E-state index >= 15 is 0 Å². The molecule has 136 valence electrons. The minimum Gasteiger partial charge on any atom is -0.460 e. The molecule has 0 atom stereocenters. The number of ether oxygens (including phenoxy) is 3. The molecule has 0 bridgehead atoms. The first-order valence-corrected chi connectivity index (χ1v) is 9.31. The van der Waals surface area contributed by atoms with Crippen LogP contribution in [-0.4, -0.2) is 30.2 Å². The predicted octanol–water partition coefficient (Wildman–Crippen LogP) is 3.48. The quantitative estimate of drug-likeness (QED) is 0.726. The Labute approximate surface area is 159 Å². The van der Waals surface area contributed by atoms with Crippen molar-refractivity contribution in [1.82, 2.24) is 0 Å². The van der Waals surface area contributed by atoms with E-state index in [0.29, 0.717) is 22.2 Å². The van der Waals surface area contributed by atoms with Gasteiger partial charge in [0.05, 0.1) is 11.5 Å². The Morgan fingerprint density at radius 1 is 1.08 bits per heavy atom. The lowest BCUT2D eigenvalue weighted by Gasteiger charge is -2.07. The number of rotatable bonds is 7. The molecule has 1 heterocycles. The Morgan fingerprint density at radius 3 is 2.65 bits per heavy atom. The number of thioether (sulfide) groups is 1. The van der Waals surface area contributed by atoms with Crippen LogP contribution in [0.4, 0.5) is 5.69 Å². The van der Waals surface area contributed by atoms with Crippen molar-refractivity contribution in [2.24, 2.45) is 0 Å². The Hall–Kier alpha value is -2.38. The van der Waals surface area contributed by atoms with Crippen molar-refractivity contribution in [3.63, 3.8) is 0 Å². The summed E-state index contributed by atoms with van der Waals surface area (Å²) in [7, 11) is 0. The number of esters is 1. The van der Waals surface area contributed by atoms with Gasteiger partial charge in [-0.3, -0.25) is 9.59 Å². The summed E-state index contributed by atoms with van der Waals surface area (Å²) in [5, 5.41) is 3.33. The summed E-state index contributed by atoms with van der Waals surface area (Å²) in [5.41, 5.74) is 1.47. The maximum atomic E-state index is 11.8.